The summed E-state index contributed by atoms with van der Waals surface area (Å²) in [6, 6.07) is 0. The lowest BCUT2D eigenvalue weighted by Crippen LogP contribution is -2.24. The van der Waals surface area contributed by atoms with Crippen molar-refractivity contribution in [2.24, 2.45) is 5.41 Å². The van der Waals surface area contributed by atoms with Crippen LogP contribution in [0.3, 0.4) is 0 Å². The molecule has 19 heavy (non-hydrogen) atoms. The van der Waals surface area contributed by atoms with Crippen LogP contribution in [0.5, 0.6) is 0 Å². The quantitative estimate of drug-likeness (QED) is 0.781. The van der Waals surface area contributed by atoms with Crippen molar-refractivity contribution >= 4 is 11.3 Å². The Morgan fingerprint density at radius 3 is 2.47 bits per heavy atom. The van der Waals surface area contributed by atoms with Crippen LogP contribution in [-0.4, -0.2) is 10.1 Å². The predicted molar refractivity (Wildman–Crippen MR) is 67.9 cm³/mol. The lowest BCUT2D eigenvalue weighted by atomic mass is 9.84. The fourth-order valence-electron chi connectivity index (χ4n) is 2.52. The second kappa shape index (κ2) is 4.74. The monoisotopic (exact) mass is 293 g/mol. The van der Waals surface area contributed by atoms with Crippen molar-refractivity contribution < 1.29 is 18.3 Å². The van der Waals surface area contributed by atoms with Crippen LogP contribution in [0.15, 0.2) is 6.20 Å². The summed E-state index contributed by atoms with van der Waals surface area (Å²) in [6.45, 7) is 4.26. The first kappa shape index (κ1) is 14.8. The van der Waals surface area contributed by atoms with Gasteiger partial charge in [-0.25, -0.2) is 4.98 Å². The molecule has 0 spiro atoms. The maximum Gasteiger partial charge on any atom is 0.443 e. The average molecular weight is 293 g/mol. The van der Waals surface area contributed by atoms with Crippen molar-refractivity contribution in [2.75, 3.05) is 0 Å². The van der Waals surface area contributed by atoms with Crippen LogP contribution in [0.1, 0.15) is 55.8 Å². The molecule has 1 saturated carbocycles. The van der Waals surface area contributed by atoms with Gasteiger partial charge in [0.05, 0.1) is 4.88 Å². The van der Waals surface area contributed by atoms with Crippen molar-refractivity contribution in [1.29, 1.82) is 0 Å². The smallest absolute Gasteiger partial charge is 0.384 e. The first-order valence-corrected chi connectivity index (χ1v) is 7.20. The fraction of sp³-hybridized carbons (Fsp3) is 0.769. The molecule has 1 fully saturated rings. The lowest BCUT2D eigenvalue weighted by molar-refractivity contribution is -0.137. The van der Waals surface area contributed by atoms with Gasteiger partial charge in [0.25, 0.3) is 0 Å². The average Bonchev–Trinajstić information content (AvgIpc) is 2.71. The van der Waals surface area contributed by atoms with Crippen molar-refractivity contribution in [3.63, 3.8) is 0 Å². The van der Waals surface area contributed by atoms with E-state index in [9.17, 15) is 18.3 Å². The molecule has 1 unspecified atom stereocenters. The van der Waals surface area contributed by atoms with Gasteiger partial charge in [-0.1, -0.05) is 13.8 Å². The van der Waals surface area contributed by atoms with Crippen LogP contribution in [0.4, 0.5) is 13.2 Å². The summed E-state index contributed by atoms with van der Waals surface area (Å²) in [7, 11) is 0. The Kier molecular flexibility index (Phi) is 3.68. The van der Waals surface area contributed by atoms with Crippen LogP contribution < -0.4 is 0 Å². The van der Waals surface area contributed by atoms with Crippen molar-refractivity contribution in [2.45, 2.75) is 57.7 Å². The van der Waals surface area contributed by atoms with Crippen LogP contribution in [0.25, 0.3) is 0 Å². The Hall–Kier alpha value is -0.620. The number of hydrogen-bond acceptors (Lipinski definition) is 3. The Bertz CT molecular complexity index is 455. The van der Waals surface area contributed by atoms with Crippen molar-refractivity contribution in [1.82, 2.24) is 4.98 Å². The molecule has 0 radical (unpaired) electrons. The van der Waals surface area contributed by atoms with E-state index < -0.39 is 16.8 Å². The van der Waals surface area contributed by atoms with E-state index in [4.69, 9.17) is 0 Å². The summed E-state index contributed by atoms with van der Waals surface area (Å²) < 4.78 is 37.7. The second-order valence-corrected chi connectivity index (χ2v) is 7.11. The zero-order valence-electron chi connectivity index (χ0n) is 11.0. The van der Waals surface area contributed by atoms with Gasteiger partial charge in [0.1, 0.15) is 5.60 Å². The molecule has 1 atom stereocenters. The van der Waals surface area contributed by atoms with Gasteiger partial charge in [-0.15, -0.1) is 11.3 Å². The summed E-state index contributed by atoms with van der Waals surface area (Å²) in [5.41, 5.74) is -1.00. The van der Waals surface area contributed by atoms with Gasteiger partial charge in [-0.3, -0.25) is 0 Å². The summed E-state index contributed by atoms with van der Waals surface area (Å²) >= 11 is 0.568. The van der Waals surface area contributed by atoms with Gasteiger partial charge >= 0.3 is 6.18 Å². The maximum absolute atomic E-state index is 12.6. The first-order chi connectivity index (χ1) is 8.62. The molecule has 0 bridgehead atoms. The zero-order chi connectivity index (χ0) is 14.3. The van der Waals surface area contributed by atoms with E-state index in [0.29, 0.717) is 29.1 Å². The molecule has 0 saturated heterocycles. The standard InChI is InChI=1S/C13H18F3NOS/c1-11(2)4-3-5-12(18,7-6-11)9-8-17-10(19-9)13(14,15)16/h8,18H,3-7H2,1-2H3. The predicted octanol–water partition coefficient (Wildman–Crippen LogP) is 4.34. The zero-order valence-corrected chi connectivity index (χ0v) is 11.9. The molecule has 1 aliphatic rings. The van der Waals surface area contributed by atoms with E-state index >= 15 is 0 Å². The normalized spacial score (nSPS) is 28.1. The third-order valence-electron chi connectivity index (χ3n) is 3.87. The third kappa shape index (κ3) is 3.28. The minimum Gasteiger partial charge on any atom is -0.384 e. The number of alkyl halides is 3. The number of nitrogens with zero attached hydrogens (tertiary/aromatic N) is 1. The summed E-state index contributed by atoms with van der Waals surface area (Å²) in [4.78, 5) is 3.75. The van der Waals surface area contributed by atoms with Gasteiger partial charge in [-0.2, -0.15) is 13.2 Å². The molecular formula is C13H18F3NOS. The van der Waals surface area contributed by atoms with E-state index in [0.717, 1.165) is 19.3 Å². The number of rotatable bonds is 1. The third-order valence-corrected chi connectivity index (χ3v) is 5.10. The Morgan fingerprint density at radius 1 is 1.21 bits per heavy atom. The highest BCUT2D eigenvalue weighted by atomic mass is 32.1. The number of aromatic nitrogens is 1. The maximum atomic E-state index is 12.6. The summed E-state index contributed by atoms with van der Waals surface area (Å²) in [5.74, 6) is 0. The second-order valence-electron chi connectivity index (χ2n) is 6.08. The summed E-state index contributed by atoms with van der Waals surface area (Å²) in [6.07, 6.45) is 0.385. The molecule has 2 nitrogen and oxygen atoms in total. The van der Waals surface area contributed by atoms with Crippen LogP contribution in [0, 0.1) is 5.41 Å². The van der Waals surface area contributed by atoms with Gasteiger partial charge in [0.15, 0.2) is 5.01 Å². The van der Waals surface area contributed by atoms with Gasteiger partial charge in [0.2, 0.25) is 0 Å². The molecule has 1 heterocycles. The molecule has 1 aromatic rings. The molecular weight excluding hydrogens is 275 g/mol. The SMILES string of the molecule is CC1(C)CCCC(O)(c2cnc(C(F)(F)F)s2)CC1. The number of hydrogen-bond donors (Lipinski definition) is 1. The molecule has 0 aromatic carbocycles. The molecule has 2 rings (SSSR count). The first-order valence-electron chi connectivity index (χ1n) is 6.38. The number of thiazole rings is 1. The highest BCUT2D eigenvalue weighted by Gasteiger charge is 2.40. The van der Waals surface area contributed by atoms with Gasteiger partial charge < -0.3 is 5.11 Å². The molecule has 108 valence electrons. The van der Waals surface area contributed by atoms with Crippen LogP contribution >= 0.6 is 11.3 Å². The highest BCUT2D eigenvalue weighted by Crippen LogP contribution is 2.45. The fourth-order valence-corrected chi connectivity index (χ4v) is 3.45. The number of aliphatic hydroxyl groups is 1. The molecule has 1 aromatic heterocycles. The lowest BCUT2D eigenvalue weighted by Gasteiger charge is -2.26. The van der Waals surface area contributed by atoms with E-state index in [1.807, 2.05) is 0 Å². The minimum absolute atomic E-state index is 0.141. The molecule has 1 aliphatic carbocycles. The van der Waals surface area contributed by atoms with Crippen molar-refractivity contribution in [3.05, 3.63) is 16.1 Å². The number of halogens is 3. The minimum atomic E-state index is -4.43. The largest absolute Gasteiger partial charge is 0.443 e. The molecule has 0 amide bonds. The molecule has 0 aliphatic heterocycles. The van der Waals surface area contributed by atoms with Crippen LogP contribution in [0.2, 0.25) is 0 Å². The van der Waals surface area contributed by atoms with Crippen molar-refractivity contribution in [3.8, 4) is 0 Å². The van der Waals surface area contributed by atoms with Gasteiger partial charge in [0, 0.05) is 6.20 Å². The molecule has 6 heteroatoms. The van der Waals surface area contributed by atoms with E-state index in [1.165, 1.54) is 6.20 Å². The van der Waals surface area contributed by atoms with E-state index in [1.54, 1.807) is 0 Å². The van der Waals surface area contributed by atoms with E-state index in [2.05, 4.69) is 18.8 Å². The topological polar surface area (TPSA) is 33.1 Å². The van der Waals surface area contributed by atoms with E-state index in [-0.39, 0.29) is 5.41 Å². The van der Waals surface area contributed by atoms with Gasteiger partial charge in [-0.05, 0) is 37.5 Å². The molecule has 1 N–H and O–H groups in total. The Morgan fingerprint density at radius 2 is 1.89 bits per heavy atom. The Labute approximate surface area is 114 Å². The summed E-state index contributed by atoms with van der Waals surface area (Å²) in [5, 5.41) is 9.76. The van der Waals surface area contributed by atoms with Crippen LogP contribution in [-0.2, 0) is 11.8 Å². The Balaban J connectivity index is 2.22. The highest BCUT2D eigenvalue weighted by molar-refractivity contribution is 7.11.